The third kappa shape index (κ3) is 4.05. The van der Waals surface area contributed by atoms with Crippen LogP contribution in [0.2, 0.25) is 0 Å². The highest BCUT2D eigenvalue weighted by molar-refractivity contribution is 7.98. The molecule has 0 atom stereocenters. The van der Waals surface area contributed by atoms with Crippen LogP contribution in [0.25, 0.3) is 11.1 Å². The number of nitrogens with zero attached hydrogens (tertiary/aromatic N) is 1. The summed E-state index contributed by atoms with van der Waals surface area (Å²) >= 11 is 2.71. The predicted molar refractivity (Wildman–Crippen MR) is 95.4 cm³/mol. The molecule has 0 bridgehead atoms. The molecule has 0 fully saturated rings. The molecule has 0 unspecified atom stereocenters. The van der Waals surface area contributed by atoms with Gasteiger partial charge in [-0.2, -0.15) is 0 Å². The van der Waals surface area contributed by atoms with E-state index >= 15 is 0 Å². The number of halogens is 2. The third-order valence-electron chi connectivity index (χ3n) is 3.46. The van der Waals surface area contributed by atoms with E-state index in [1.54, 1.807) is 29.6 Å². The van der Waals surface area contributed by atoms with Crippen LogP contribution in [-0.4, -0.2) is 17.5 Å². The summed E-state index contributed by atoms with van der Waals surface area (Å²) < 4.78 is 32.6. The van der Waals surface area contributed by atoms with Gasteiger partial charge in [0.1, 0.15) is 23.1 Å². The van der Waals surface area contributed by atoms with Gasteiger partial charge in [-0.15, -0.1) is 23.1 Å². The molecule has 3 rings (SSSR count). The highest BCUT2D eigenvalue weighted by Crippen LogP contribution is 2.33. The molecule has 3 aromatic rings. The Labute approximate surface area is 151 Å². The maximum absolute atomic E-state index is 13.6. The van der Waals surface area contributed by atoms with Gasteiger partial charge in [0, 0.05) is 10.3 Å². The summed E-state index contributed by atoms with van der Waals surface area (Å²) in [5.41, 5.74) is 1.79. The largest absolute Gasteiger partial charge is 0.486 e. The topological polar surface area (TPSA) is 39.2 Å². The van der Waals surface area contributed by atoms with E-state index in [4.69, 9.17) is 4.74 Å². The first-order valence-electron chi connectivity index (χ1n) is 7.26. The van der Waals surface area contributed by atoms with Crippen molar-refractivity contribution in [1.82, 2.24) is 4.98 Å². The van der Waals surface area contributed by atoms with Crippen LogP contribution in [0.15, 0.2) is 46.7 Å². The van der Waals surface area contributed by atoms with E-state index < -0.39 is 11.6 Å². The number of rotatable bonds is 6. The predicted octanol–water partition coefficient (Wildman–Crippen LogP) is 5.20. The Bertz CT molecular complexity index is 895. The molecule has 0 N–H and O–H groups in total. The SMILES string of the molecule is CSc1cc(F)c(F)cc1-c1ccc(OCc2nc(C=O)cs2)cc1. The number of thiazole rings is 1. The fourth-order valence-corrected chi connectivity index (χ4v) is 3.51. The van der Waals surface area contributed by atoms with Gasteiger partial charge < -0.3 is 4.74 Å². The molecule has 128 valence electrons. The van der Waals surface area contributed by atoms with Crippen LogP contribution in [0.4, 0.5) is 8.78 Å². The van der Waals surface area contributed by atoms with Crippen molar-refractivity contribution in [2.24, 2.45) is 0 Å². The molecular formula is C18H13F2NO2S2. The first-order valence-corrected chi connectivity index (χ1v) is 9.37. The Morgan fingerprint density at radius 2 is 1.92 bits per heavy atom. The van der Waals surface area contributed by atoms with E-state index in [1.165, 1.54) is 35.2 Å². The molecular weight excluding hydrogens is 364 g/mol. The highest BCUT2D eigenvalue weighted by atomic mass is 32.2. The monoisotopic (exact) mass is 377 g/mol. The van der Waals surface area contributed by atoms with E-state index in [-0.39, 0.29) is 6.61 Å². The number of aromatic nitrogens is 1. The van der Waals surface area contributed by atoms with Crippen molar-refractivity contribution in [3.63, 3.8) is 0 Å². The average molecular weight is 377 g/mol. The number of aldehydes is 1. The number of hydrogen-bond donors (Lipinski definition) is 0. The van der Waals surface area contributed by atoms with Crippen molar-refractivity contribution in [3.05, 3.63) is 64.1 Å². The normalized spacial score (nSPS) is 10.7. The fourth-order valence-electron chi connectivity index (χ4n) is 2.24. The first kappa shape index (κ1) is 17.6. The minimum Gasteiger partial charge on any atom is -0.486 e. The summed E-state index contributed by atoms with van der Waals surface area (Å²) in [5.74, 6) is -1.10. The molecule has 1 heterocycles. The Hall–Kier alpha value is -2.25. The van der Waals surface area contributed by atoms with Crippen LogP contribution in [0.3, 0.4) is 0 Å². The third-order valence-corrected chi connectivity index (χ3v) is 5.08. The summed E-state index contributed by atoms with van der Waals surface area (Å²) in [7, 11) is 0. The van der Waals surface area contributed by atoms with Crippen LogP contribution in [0.5, 0.6) is 5.75 Å². The number of ether oxygens (including phenoxy) is 1. The molecule has 0 radical (unpaired) electrons. The second kappa shape index (κ2) is 7.76. The van der Waals surface area contributed by atoms with E-state index in [0.717, 1.165) is 5.56 Å². The van der Waals surface area contributed by atoms with Crippen molar-refractivity contribution in [2.45, 2.75) is 11.5 Å². The van der Waals surface area contributed by atoms with Crippen LogP contribution < -0.4 is 4.74 Å². The standard InChI is InChI=1S/C18H13F2NO2S2/c1-24-17-7-16(20)15(19)6-14(17)11-2-4-13(5-3-11)23-9-18-21-12(8-22)10-25-18/h2-8,10H,9H2,1H3. The van der Waals surface area contributed by atoms with Crippen LogP contribution >= 0.6 is 23.1 Å². The van der Waals surface area contributed by atoms with Gasteiger partial charge in [-0.05, 0) is 41.6 Å². The molecule has 0 saturated carbocycles. The number of benzene rings is 2. The van der Waals surface area contributed by atoms with Gasteiger partial charge in [0.05, 0.1) is 0 Å². The minimum atomic E-state index is -0.872. The van der Waals surface area contributed by atoms with Gasteiger partial charge in [0.25, 0.3) is 0 Å². The number of carbonyl (C=O) groups excluding carboxylic acids is 1. The zero-order valence-corrected chi connectivity index (χ0v) is 14.8. The number of thioether (sulfide) groups is 1. The summed E-state index contributed by atoms with van der Waals surface area (Å²) in [5, 5.41) is 2.37. The van der Waals surface area contributed by atoms with Gasteiger partial charge in [-0.1, -0.05) is 12.1 Å². The molecule has 0 aliphatic carbocycles. The van der Waals surface area contributed by atoms with Crippen LogP contribution in [-0.2, 0) is 6.61 Å². The zero-order valence-electron chi connectivity index (χ0n) is 13.2. The number of carbonyl (C=O) groups is 1. The molecule has 0 saturated heterocycles. The van der Waals surface area contributed by atoms with Crippen LogP contribution in [0.1, 0.15) is 15.5 Å². The van der Waals surface area contributed by atoms with E-state index in [2.05, 4.69) is 4.98 Å². The quantitative estimate of drug-likeness (QED) is 0.437. The zero-order chi connectivity index (χ0) is 17.8. The molecule has 25 heavy (non-hydrogen) atoms. The fraction of sp³-hybridized carbons (Fsp3) is 0.111. The van der Waals surface area contributed by atoms with Crippen molar-refractivity contribution < 1.29 is 18.3 Å². The van der Waals surface area contributed by atoms with Gasteiger partial charge in [0.2, 0.25) is 0 Å². The Balaban J connectivity index is 1.76. The molecule has 0 spiro atoms. The Kier molecular flexibility index (Phi) is 5.45. The molecule has 0 aliphatic heterocycles. The smallest absolute Gasteiger partial charge is 0.169 e. The summed E-state index contributed by atoms with van der Waals surface area (Å²) in [4.78, 5) is 15.4. The Morgan fingerprint density at radius 3 is 2.56 bits per heavy atom. The van der Waals surface area contributed by atoms with E-state index in [0.29, 0.717) is 33.2 Å². The van der Waals surface area contributed by atoms with E-state index in [1.807, 2.05) is 6.26 Å². The lowest BCUT2D eigenvalue weighted by atomic mass is 10.1. The van der Waals surface area contributed by atoms with Gasteiger partial charge in [-0.25, -0.2) is 13.8 Å². The van der Waals surface area contributed by atoms with Crippen LogP contribution in [0, 0.1) is 11.6 Å². The molecule has 2 aromatic carbocycles. The second-order valence-electron chi connectivity index (χ2n) is 5.06. The van der Waals surface area contributed by atoms with Crippen molar-refractivity contribution >= 4 is 29.4 Å². The average Bonchev–Trinajstić information content (AvgIpc) is 3.10. The summed E-state index contributed by atoms with van der Waals surface area (Å²) in [6.45, 7) is 0.263. The van der Waals surface area contributed by atoms with E-state index in [9.17, 15) is 13.6 Å². The lowest BCUT2D eigenvalue weighted by molar-refractivity contribution is 0.111. The summed E-state index contributed by atoms with van der Waals surface area (Å²) in [6, 6.07) is 9.51. The maximum atomic E-state index is 13.6. The lowest BCUT2D eigenvalue weighted by Crippen LogP contribution is -1.95. The highest BCUT2D eigenvalue weighted by Gasteiger charge is 2.11. The Morgan fingerprint density at radius 1 is 1.20 bits per heavy atom. The van der Waals surface area contributed by atoms with Crippen molar-refractivity contribution in [2.75, 3.05) is 6.26 Å². The molecule has 1 aromatic heterocycles. The van der Waals surface area contributed by atoms with Gasteiger partial charge in [-0.3, -0.25) is 4.79 Å². The first-order chi connectivity index (χ1) is 12.1. The lowest BCUT2D eigenvalue weighted by Gasteiger charge is -2.10. The maximum Gasteiger partial charge on any atom is 0.169 e. The number of hydrogen-bond acceptors (Lipinski definition) is 5. The molecule has 3 nitrogen and oxygen atoms in total. The molecule has 0 amide bonds. The van der Waals surface area contributed by atoms with Gasteiger partial charge in [0.15, 0.2) is 17.9 Å². The van der Waals surface area contributed by atoms with Crippen molar-refractivity contribution in [3.8, 4) is 16.9 Å². The molecule has 0 aliphatic rings. The second-order valence-corrected chi connectivity index (χ2v) is 6.85. The molecule has 7 heteroatoms. The van der Waals surface area contributed by atoms with Gasteiger partial charge >= 0.3 is 0 Å². The minimum absolute atomic E-state index is 0.263. The van der Waals surface area contributed by atoms with Crippen molar-refractivity contribution in [1.29, 1.82) is 0 Å². The summed E-state index contributed by atoms with van der Waals surface area (Å²) in [6.07, 6.45) is 2.51.